The minimum atomic E-state index is -0.149. The molecule has 5 rings (SSSR count). The number of nitrogens with one attached hydrogen (secondary N) is 2. The summed E-state index contributed by atoms with van der Waals surface area (Å²) in [6.45, 7) is 2.10. The van der Waals surface area contributed by atoms with Crippen LogP contribution in [0, 0.1) is 11.8 Å². The predicted molar refractivity (Wildman–Crippen MR) is 92.4 cm³/mol. The van der Waals surface area contributed by atoms with E-state index in [-0.39, 0.29) is 12.5 Å². The van der Waals surface area contributed by atoms with Crippen LogP contribution in [0.5, 0.6) is 5.75 Å². The van der Waals surface area contributed by atoms with Gasteiger partial charge in [0.1, 0.15) is 11.4 Å². The number of allylic oxidation sites excluding steroid dienone is 2. The van der Waals surface area contributed by atoms with Crippen molar-refractivity contribution in [3.63, 3.8) is 0 Å². The van der Waals surface area contributed by atoms with E-state index in [0.29, 0.717) is 29.7 Å². The van der Waals surface area contributed by atoms with Gasteiger partial charge in [0.25, 0.3) is 5.91 Å². The highest BCUT2D eigenvalue weighted by Crippen LogP contribution is 2.45. The molecule has 7 heteroatoms. The highest BCUT2D eigenvalue weighted by Gasteiger charge is 2.41. The number of H-pyrrole nitrogens is 1. The van der Waals surface area contributed by atoms with Crippen LogP contribution in [0.15, 0.2) is 35.0 Å². The maximum atomic E-state index is 11.5. The quantitative estimate of drug-likeness (QED) is 0.900. The maximum Gasteiger partial charge on any atom is 0.262 e. The Morgan fingerprint density at radius 2 is 2.24 bits per heavy atom. The number of carbonyl (C=O) groups is 1. The van der Waals surface area contributed by atoms with Crippen LogP contribution in [-0.4, -0.2) is 33.6 Å². The van der Waals surface area contributed by atoms with Gasteiger partial charge in [0, 0.05) is 29.3 Å². The molecule has 7 nitrogen and oxygen atoms in total. The van der Waals surface area contributed by atoms with Gasteiger partial charge in [0.15, 0.2) is 6.61 Å². The van der Waals surface area contributed by atoms with E-state index in [0.717, 1.165) is 22.6 Å². The number of hydrogen-bond donors (Lipinski definition) is 2. The number of aromatic nitrogens is 3. The lowest BCUT2D eigenvalue weighted by Gasteiger charge is -2.18. The number of ether oxygens (including phenoxy) is 1. The molecule has 1 fully saturated rings. The molecule has 2 aromatic rings. The number of hydrogen-bond acceptors (Lipinski definition) is 5. The molecule has 126 valence electrons. The molecule has 1 aromatic carbocycles. The normalized spacial score (nSPS) is 23.6. The number of anilines is 1. The Hall–Kier alpha value is -2.96. The Bertz CT molecular complexity index is 943. The summed E-state index contributed by atoms with van der Waals surface area (Å²) in [5, 5.41) is 14.2. The monoisotopic (exact) mass is 335 g/mol. The molecule has 2 N–H and O–H groups in total. The number of amides is 1. The van der Waals surface area contributed by atoms with E-state index >= 15 is 0 Å². The third-order valence-electron chi connectivity index (χ3n) is 4.90. The highest BCUT2D eigenvalue weighted by atomic mass is 16.5. The molecule has 0 saturated heterocycles. The number of fused-ring (bicyclic) bond motifs is 2. The van der Waals surface area contributed by atoms with Crippen molar-refractivity contribution in [3.8, 4) is 17.0 Å². The van der Waals surface area contributed by atoms with Crippen molar-refractivity contribution >= 4 is 17.3 Å². The van der Waals surface area contributed by atoms with Crippen LogP contribution in [0.4, 0.5) is 5.69 Å². The molecule has 2 atom stereocenters. The molecule has 1 amide bonds. The van der Waals surface area contributed by atoms with Crippen molar-refractivity contribution in [2.75, 3.05) is 11.9 Å². The SMILES string of the molecule is CC1=CC2CC2C(Cc2n[nH]nc2-c2ccc3c(c2)NC(=O)CO3)=N1. The minimum absolute atomic E-state index is 0.0524. The van der Waals surface area contributed by atoms with Gasteiger partial charge >= 0.3 is 0 Å². The standard InChI is InChI=1S/C18H17N5O2/c1-9-4-11-5-12(11)13(19-9)7-15-18(22-23-21-15)10-2-3-16-14(6-10)20-17(24)8-25-16/h2-4,6,11-12H,5,7-8H2,1H3,(H,20,24)(H,21,22,23). The van der Waals surface area contributed by atoms with Crippen molar-refractivity contribution in [2.45, 2.75) is 19.8 Å². The second kappa shape index (κ2) is 5.27. The Balaban J connectivity index is 1.47. The summed E-state index contributed by atoms with van der Waals surface area (Å²) >= 11 is 0. The molecule has 0 radical (unpaired) electrons. The number of aliphatic imine (C=N–C) groups is 1. The van der Waals surface area contributed by atoms with Crippen LogP contribution in [0.1, 0.15) is 19.0 Å². The fourth-order valence-corrected chi connectivity index (χ4v) is 3.62. The molecule has 25 heavy (non-hydrogen) atoms. The zero-order valence-electron chi connectivity index (χ0n) is 13.7. The third-order valence-corrected chi connectivity index (χ3v) is 4.90. The summed E-state index contributed by atoms with van der Waals surface area (Å²) < 4.78 is 5.41. The Morgan fingerprint density at radius 3 is 3.16 bits per heavy atom. The Labute approximate surface area is 144 Å². The van der Waals surface area contributed by atoms with Crippen LogP contribution in [0.2, 0.25) is 0 Å². The summed E-state index contributed by atoms with van der Waals surface area (Å²) in [6.07, 6.45) is 4.13. The smallest absolute Gasteiger partial charge is 0.262 e. The number of aromatic amines is 1. The van der Waals surface area contributed by atoms with Gasteiger partial charge in [-0.05, 0) is 37.5 Å². The van der Waals surface area contributed by atoms with E-state index in [4.69, 9.17) is 9.73 Å². The number of carbonyl (C=O) groups excluding carboxylic acids is 1. The molecule has 2 unspecified atom stereocenters. The molecule has 1 saturated carbocycles. The summed E-state index contributed by atoms with van der Waals surface area (Å²) in [6, 6.07) is 5.66. The number of rotatable bonds is 3. The van der Waals surface area contributed by atoms with Crippen LogP contribution < -0.4 is 10.1 Å². The summed E-state index contributed by atoms with van der Waals surface area (Å²) in [5.74, 6) is 1.73. The van der Waals surface area contributed by atoms with Gasteiger partial charge in [-0.25, -0.2) is 0 Å². The molecule has 0 bridgehead atoms. The molecule has 1 aromatic heterocycles. The van der Waals surface area contributed by atoms with Crippen molar-refractivity contribution in [1.29, 1.82) is 0 Å². The molecule has 1 aliphatic carbocycles. The number of nitrogens with zero attached hydrogens (tertiary/aromatic N) is 3. The minimum Gasteiger partial charge on any atom is -0.482 e. The first-order valence-corrected chi connectivity index (χ1v) is 8.40. The van der Waals surface area contributed by atoms with E-state index in [9.17, 15) is 4.79 Å². The van der Waals surface area contributed by atoms with Gasteiger partial charge in [-0.15, -0.1) is 0 Å². The lowest BCUT2D eigenvalue weighted by Crippen LogP contribution is -2.25. The fraction of sp³-hybridized carbons (Fsp3) is 0.333. The van der Waals surface area contributed by atoms with Crippen molar-refractivity contribution in [3.05, 3.63) is 35.7 Å². The van der Waals surface area contributed by atoms with Gasteiger partial charge < -0.3 is 10.1 Å². The first-order valence-electron chi connectivity index (χ1n) is 8.40. The second-order valence-corrected chi connectivity index (χ2v) is 6.76. The first kappa shape index (κ1) is 14.4. The summed E-state index contributed by atoms with van der Waals surface area (Å²) in [7, 11) is 0. The van der Waals surface area contributed by atoms with E-state index in [1.807, 2.05) is 25.1 Å². The molecule has 2 aliphatic heterocycles. The fourth-order valence-electron chi connectivity index (χ4n) is 3.62. The lowest BCUT2D eigenvalue weighted by atomic mass is 10.0. The highest BCUT2D eigenvalue weighted by molar-refractivity contribution is 5.96. The van der Waals surface area contributed by atoms with Crippen LogP contribution in [0.3, 0.4) is 0 Å². The van der Waals surface area contributed by atoms with Gasteiger partial charge in [0.2, 0.25) is 0 Å². The zero-order chi connectivity index (χ0) is 17.0. The molecule has 3 heterocycles. The van der Waals surface area contributed by atoms with E-state index in [1.165, 1.54) is 12.1 Å². The van der Waals surface area contributed by atoms with Crippen molar-refractivity contribution in [1.82, 2.24) is 15.4 Å². The molecule has 0 spiro atoms. The molecular formula is C18H17N5O2. The van der Waals surface area contributed by atoms with Gasteiger partial charge in [-0.3, -0.25) is 9.79 Å². The Morgan fingerprint density at radius 1 is 1.32 bits per heavy atom. The van der Waals surface area contributed by atoms with Crippen LogP contribution >= 0.6 is 0 Å². The predicted octanol–water partition coefficient (Wildman–Crippen LogP) is 2.34. The van der Waals surface area contributed by atoms with Gasteiger partial charge in [0.05, 0.1) is 11.4 Å². The summed E-state index contributed by atoms with van der Waals surface area (Å²) in [4.78, 5) is 16.2. The van der Waals surface area contributed by atoms with Crippen molar-refractivity contribution in [2.24, 2.45) is 16.8 Å². The maximum absolute atomic E-state index is 11.5. The molecular weight excluding hydrogens is 318 g/mol. The third kappa shape index (κ3) is 2.52. The topological polar surface area (TPSA) is 92.3 Å². The van der Waals surface area contributed by atoms with E-state index in [2.05, 4.69) is 26.8 Å². The van der Waals surface area contributed by atoms with Crippen LogP contribution in [-0.2, 0) is 11.2 Å². The average molecular weight is 335 g/mol. The molecule has 3 aliphatic rings. The van der Waals surface area contributed by atoms with Crippen LogP contribution in [0.25, 0.3) is 11.3 Å². The van der Waals surface area contributed by atoms with E-state index < -0.39 is 0 Å². The van der Waals surface area contributed by atoms with Gasteiger partial charge in [-0.1, -0.05) is 6.08 Å². The van der Waals surface area contributed by atoms with Crippen molar-refractivity contribution < 1.29 is 9.53 Å². The summed E-state index contributed by atoms with van der Waals surface area (Å²) in [5.41, 5.74) is 5.50. The van der Waals surface area contributed by atoms with E-state index in [1.54, 1.807) is 0 Å². The largest absolute Gasteiger partial charge is 0.482 e. The Kier molecular flexibility index (Phi) is 3.03. The first-order chi connectivity index (χ1) is 12.2. The number of benzene rings is 1. The second-order valence-electron chi connectivity index (χ2n) is 6.76. The average Bonchev–Trinajstić information content (AvgIpc) is 3.22. The van der Waals surface area contributed by atoms with Gasteiger partial charge in [-0.2, -0.15) is 15.4 Å². The zero-order valence-corrected chi connectivity index (χ0v) is 13.7. The lowest BCUT2D eigenvalue weighted by molar-refractivity contribution is -0.118.